The largest absolute Gasteiger partial charge is 0.394 e. The average molecular weight is 282 g/mol. The maximum absolute atomic E-state index is 10.0. The van der Waals surface area contributed by atoms with Crippen LogP contribution in [-0.2, 0) is 4.74 Å². The van der Waals surface area contributed by atoms with Gasteiger partial charge in [-0.2, -0.15) is 9.97 Å². The lowest BCUT2D eigenvalue weighted by molar-refractivity contribution is -0.0498. The van der Waals surface area contributed by atoms with Gasteiger partial charge in [0.2, 0.25) is 11.9 Å². The van der Waals surface area contributed by atoms with Crippen LogP contribution >= 0.6 is 0 Å². The molecular formula is C10H14N6O4. The zero-order chi connectivity index (χ0) is 14.4. The van der Waals surface area contributed by atoms with Gasteiger partial charge in [-0.1, -0.05) is 0 Å². The Hall–Kier alpha value is -2.01. The van der Waals surface area contributed by atoms with Gasteiger partial charge in [-0.05, 0) is 0 Å². The molecule has 10 nitrogen and oxygen atoms in total. The minimum atomic E-state index is -1.26. The second-order valence-corrected chi connectivity index (χ2v) is 4.51. The van der Waals surface area contributed by atoms with Crippen LogP contribution in [0.5, 0.6) is 0 Å². The lowest BCUT2D eigenvalue weighted by Gasteiger charge is -2.18. The molecular weight excluding hydrogens is 268 g/mol. The first-order chi connectivity index (χ1) is 9.52. The van der Waals surface area contributed by atoms with E-state index in [0.29, 0.717) is 5.52 Å². The van der Waals surface area contributed by atoms with E-state index < -0.39 is 31.1 Å². The third-order valence-electron chi connectivity index (χ3n) is 3.27. The van der Waals surface area contributed by atoms with Gasteiger partial charge < -0.3 is 31.5 Å². The molecule has 0 aromatic carbocycles. The number of aliphatic hydroxyl groups excluding tert-OH is 3. The molecule has 4 atom stereocenters. The van der Waals surface area contributed by atoms with Crippen LogP contribution in [0.2, 0.25) is 0 Å². The maximum Gasteiger partial charge on any atom is 0.222 e. The minimum absolute atomic E-state index is 0.0368. The highest BCUT2D eigenvalue weighted by Crippen LogP contribution is 2.33. The van der Waals surface area contributed by atoms with Crippen molar-refractivity contribution in [3.05, 3.63) is 6.20 Å². The fraction of sp³-hybridized carbons (Fsp3) is 0.500. The van der Waals surface area contributed by atoms with Gasteiger partial charge in [0, 0.05) is 0 Å². The number of hydrogen-bond donors (Lipinski definition) is 5. The van der Waals surface area contributed by atoms with Crippen molar-refractivity contribution in [2.24, 2.45) is 0 Å². The van der Waals surface area contributed by atoms with Gasteiger partial charge in [-0.15, -0.1) is 0 Å². The summed E-state index contributed by atoms with van der Waals surface area (Å²) >= 11 is 0. The Kier molecular flexibility index (Phi) is 2.94. The molecule has 0 amide bonds. The maximum atomic E-state index is 10.0. The molecule has 0 radical (unpaired) electrons. The summed E-state index contributed by atoms with van der Waals surface area (Å²) in [6, 6.07) is 0. The van der Waals surface area contributed by atoms with E-state index in [2.05, 4.69) is 15.0 Å². The second-order valence-electron chi connectivity index (χ2n) is 4.51. The van der Waals surface area contributed by atoms with Gasteiger partial charge in [0.25, 0.3) is 0 Å². The highest BCUT2D eigenvalue weighted by molar-refractivity contribution is 5.74. The highest BCUT2D eigenvalue weighted by atomic mass is 16.6. The van der Waals surface area contributed by atoms with E-state index in [-0.39, 0.29) is 17.5 Å². The molecule has 20 heavy (non-hydrogen) atoms. The number of aliphatic hydroxyl groups is 3. The Bertz CT molecular complexity index is 646. The first-order valence-corrected chi connectivity index (χ1v) is 5.91. The molecule has 7 N–H and O–H groups in total. The molecule has 1 aliphatic rings. The first-order valence-electron chi connectivity index (χ1n) is 5.91. The lowest BCUT2D eigenvalue weighted by Crippen LogP contribution is -2.33. The zero-order valence-corrected chi connectivity index (χ0v) is 10.3. The van der Waals surface area contributed by atoms with Crippen molar-refractivity contribution in [1.29, 1.82) is 0 Å². The standard InChI is InChI=1S/C10H14N6O4/c11-9-13-1-3-7(14-9)15-10(12)16(3)8-6(19)5(18)4(2-17)20-8/h1,4-6,8,17-19H,2H2,(H4,11,12,13,14,15). The summed E-state index contributed by atoms with van der Waals surface area (Å²) in [5, 5.41) is 28.9. The van der Waals surface area contributed by atoms with Crippen LogP contribution in [0.15, 0.2) is 6.20 Å². The summed E-state index contributed by atoms with van der Waals surface area (Å²) in [5.41, 5.74) is 11.9. The quantitative estimate of drug-likeness (QED) is 0.403. The molecule has 4 unspecified atom stereocenters. The van der Waals surface area contributed by atoms with E-state index >= 15 is 0 Å². The van der Waals surface area contributed by atoms with Gasteiger partial charge in [0.1, 0.15) is 23.8 Å². The number of nitrogen functional groups attached to an aromatic ring is 2. The summed E-state index contributed by atoms with van der Waals surface area (Å²) in [4.78, 5) is 11.8. The normalized spacial score (nSPS) is 30.1. The number of anilines is 2. The third-order valence-corrected chi connectivity index (χ3v) is 3.27. The number of nitrogens with two attached hydrogens (primary N) is 2. The van der Waals surface area contributed by atoms with E-state index in [1.165, 1.54) is 10.8 Å². The molecule has 3 rings (SSSR count). The van der Waals surface area contributed by atoms with Gasteiger partial charge in [0.05, 0.1) is 12.8 Å². The average Bonchev–Trinajstić information content (AvgIpc) is 2.87. The molecule has 1 fully saturated rings. The van der Waals surface area contributed by atoms with Crippen molar-refractivity contribution < 1.29 is 20.1 Å². The summed E-state index contributed by atoms with van der Waals surface area (Å²) < 4.78 is 6.76. The number of ether oxygens (including phenoxy) is 1. The van der Waals surface area contributed by atoms with Gasteiger partial charge >= 0.3 is 0 Å². The van der Waals surface area contributed by atoms with Crippen molar-refractivity contribution in [1.82, 2.24) is 19.5 Å². The van der Waals surface area contributed by atoms with E-state index in [1.54, 1.807) is 0 Å². The number of rotatable bonds is 2. The predicted octanol–water partition coefficient (Wildman–Crippen LogP) is -2.40. The van der Waals surface area contributed by atoms with Crippen LogP contribution in [0.4, 0.5) is 11.9 Å². The zero-order valence-electron chi connectivity index (χ0n) is 10.3. The van der Waals surface area contributed by atoms with E-state index in [1.807, 2.05) is 0 Å². The third kappa shape index (κ3) is 1.78. The molecule has 2 aromatic heterocycles. The fourth-order valence-corrected chi connectivity index (χ4v) is 2.28. The van der Waals surface area contributed by atoms with Gasteiger partial charge in [0.15, 0.2) is 11.9 Å². The Morgan fingerprint density at radius 1 is 1.25 bits per heavy atom. The van der Waals surface area contributed by atoms with E-state index in [4.69, 9.17) is 21.3 Å². The second kappa shape index (κ2) is 4.52. The van der Waals surface area contributed by atoms with Crippen LogP contribution in [0.1, 0.15) is 6.23 Å². The molecule has 1 aliphatic heterocycles. The smallest absolute Gasteiger partial charge is 0.222 e. The fourth-order valence-electron chi connectivity index (χ4n) is 2.28. The van der Waals surface area contributed by atoms with Gasteiger partial charge in [-0.25, -0.2) is 4.98 Å². The summed E-state index contributed by atoms with van der Waals surface area (Å²) in [7, 11) is 0. The van der Waals surface area contributed by atoms with Crippen LogP contribution < -0.4 is 11.5 Å². The number of imidazole rings is 1. The summed E-state index contributed by atoms with van der Waals surface area (Å²) in [6.07, 6.45) is -2.97. The molecule has 3 heterocycles. The lowest BCUT2D eigenvalue weighted by atomic mass is 10.1. The SMILES string of the molecule is Nc1ncc2c(n1)nc(N)n2C1OC(CO)C(O)C1O. The van der Waals surface area contributed by atoms with Crippen molar-refractivity contribution >= 4 is 23.1 Å². The van der Waals surface area contributed by atoms with Crippen molar-refractivity contribution in [2.45, 2.75) is 24.5 Å². The molecule has 0 spiro atoms. The van der Waals surface area contributed by atoms with Gasteiger partial charge in [-0.3, -0.25) is 4.57 Å². The molecule has 2 aromatic rings. The number of fused-ring (bicyclic) bond motifs is 1. The van der Waals surface area contributed by atoms with Crippen LogP contribution in [-0.4, -0.2) is 59.8 Å². The van der Waals surface area contributed by atoms with Crippen LogP contribution in [0, 0.1) is 0 Å². The Morgan fingerprint density at radius 3 is 2.65 bits per heavy atom. The van der Waals surface area contributed by atoms with Crippen molar-refractivity contribution in [2.75, 3.05) is 18.1 Å². The Balaban J connectivity index is 2.08. The molecule has 1 saturated heterocycles. The van der Waals surface area contributed by atoms with Crippen molar-refractivity contribution in [3.8, 4) is 0 Å². The Labute approximate surface area is 112 Å². The molecule has 0 saturated carbocycles. The Morgan fingerprint density at radius 2 is 2.00 bits per heavy atom. The monoisotopic (exact) mass is 282 g/mol. The summed E-state index contributed by atoms with van der Waals surface area (Å²) in [5.74, 6) is 0.0815. The first kappa shape index (κ1) is 13.0. The topological polar surface area (TPSA) is 166 Å². The molecule has 0 aliphatic carbocycles. The van der Waals surface area contributed by atoms with Crippen molar-refractivity contribution in [3.63, 3.8) is 0 Å². The predicted molar refractivity (Wildman–Crippen MR) is 67.2 cm³/mol. The van der Waals surface area contributed by atoms with E-state index in [0.717, 1.165) is 0 Å². The number of nitrogens with zero attached hydrogens (tertiary/aromatic N) is 4. The molecule has 10 heteroatoms. The van der Waals surface area contributed by atoms with Crippen LogP contribution in [0.25, 0.3) is 11.2 Å². The summed E-state index contributed by atoms with van der Waals surface area (Å²) in [6.45, 7) is -0.426. The van der Waals surface area contributed by atoms with E-state index in [9.17, 15) is 10.2 Å². The molecule has 0 bridgehead atoms. The molecule has 108 valence electrons. The van der Waals surface area contributed by atoms with Crippen LogP contribution in [0.3, 0.4) is 0 Å². The number of aromatic nitrogens is 4. The minimum Gasteiger partial charge on any atom is -0.394 e. The number of hydrogen-bond acceptors (Lipinski definition) is 9. The highest BCUT2D eigenvalue weighted by Gasteiger charge is 2.44.